The molecule has 44 heavy (non-hydrogen) atoms. The normalized spacial score (nSPS) is 11.4. The predicted octanol–water partition coefficient (Wildman–Crippen LogP) is 5.42. The maximum absolute atomic E-state index is 13.0. The van der Waals surface area contributed by atoms with E-state index in [-0.39, 0.29) is 11.1 Å². The van der Waals surface area contributed by atoms with Crippen molar-refractivity contribution in [3.05, 3.63) is 124 Å². The summed E-state index contributed by atoms with van der Waals surface area (Å²) in [6.07, 6.45) is 0. The standard InChI is InChI=1S/C32H21N9O3/c42-27-17-26-28(40-41(27)19-11-13-21(14-12-19)44-20-6-2-1-3-7-20)31(38-37-26)35-30-22-8-4-5-9-24(22)33-29(34-30)18-10-15-25-23(16-18)32(43)39-36-25/h1-17,37H,(H2,36,39,43)(H,33,34,35,38). The summed E-state index contributed by atoms with van der Waals surface area (Å²) >= 11 is 0. The number of H-pyrrole nitrogens is 3. The number of anilines is 2. The lowest BCUT2D eigenvalue weighted by atomic mass is 10.1. The quantitative estimate of drug-likeness (QED) is 0.203. The lowest BCUT2D eigenvalue weighted by Gasteiger charge is -2.10. The number of nitrogens with zero attached hydrogens (tertiary/aromatic N) is 5. The minimum atomic E-state index is -0.325. The first-order valence-corrected chi connectivity index (χ1v) is 13.7. The summed E-state index contributed by atoms with van der Waals surface area (Å²) in [5.74, 6) is 2.64. The number of aromatic amines is 3. The third-order valence-electron chi connectivity index (χ3n) is 7.18. The second-order valence-electron chi connectivity index (χ2n) is 10.0. The highest BCUT2D eigenvalue weighted by molar-refractivity contribution is 5.95. The van der Waals surface area contributed by atoms with Crippen molar-refractivity contribution in [1.82, 2.24) is 40.1 Å². The van der Waals surface area contributed by atoms with Gasteiger partial charge in [0.15, 0.2) is 17.2 Å². The van der Waals surface area contributed by atoms with Gasteiger partial charge in [-0.25, -0.2) is 9.97 Å². The number of nitrogens with one attached hydrogen (secondary N) is 4. The summed E-state index contributed by atoms with van der Waals surface area (Å²) in [6, 6.07) is 31.0. The van der Waals surface area contributed by atoms with Gasteiger partial charge < -0.3 is 10.1 Å². The Labute approximate surface area is 247 Å². The second-order valence-corrected chi connectivity index (χ2v) is 10.0. The van der Waals surface area contributed by atoms with Crippen molar-refractivity contribution in [1.29, 1.82) is 0 Å². The molecule has 0 saturated carbocycles. The van der Waals surface area contributed by atoms with Gasteiger partial charge in [-0.15, -0.1) is 0 Å². The summed E-state index contributed by atoms with van der Waals surface area (Å²) in [6.45, 7) is 0. The molecule has 212 valence electrons. The van der Waals surface area contributed by atoms with Crippen LogP contribution in [0, 0.1) is 0 Å². The summed E-state index contributed by atoms with van der Waals surface area (Å²) in [7, 11) is 0. The maximum atomic E-state index is 13.0. The van der Waals surface area contributed by atoms with Gasteiger partial charge in [-0.05, 0) is 66.7 Å². The van der Waals surface area contributed by atoms with Crippen LogP contribution in [0.3, 0.4) is 0 Å². The molecule has 0 aliphatic heterocycles. The van der Waals surface area contributed by atoms with E-state index in [1.54, 1.807) is 36.4 Å². The number of rotatable bonds is 6. The summed E-state index contributed by atoms with van der Waals surface area (Å²) in [5, 5.41) is 21.9. The SMILES string of the molecule is O=c1[nH][nH]c2ccc(-c3nc(Nc4n[nH]c5cc(=O)n(-c6ccc(Oc7ccccc7)cc6)nc45)c4ccccc4n3)cc12. The Morgan fingerprint density at radius 3 is 2.36 bits per heavy atom. The molecule has 8 aromatic rings. The van der Waals surface area contributed by atoms with E-state index in [9.17, 15) is 9.59 Å². The van der Waals surface area contributed by atoms with E-state index >= 15 is 0 Å². The highest BCUT2D eigenvalue weighted by atomic mass is 16.5. The summed E-state index contributed by atoms with van der Waals surface area (Å²) < 4.78 is 7.19. The van der Waals surface area contributed by atoms with Gasteiger partial charge in [0.2, 0.25) is 0 Å². The van der Waals surface area contributed by atoms with Crippen LogP contribution in [0.1, 0.15) is 0 Å². The van der Waals surface area contributed by atoms with Crippen LogP contribution in [-0.2, 0) is 0 Å². The van der Waals surface area contributed by atoms with E-state index in [1.165, 1.54) is 10.7 Å². The van der Waals surface area contributed by atoms with E-state index in [2.05, 4.69) is 30.8 Å². The Hall–Kier alpha value is -6.56. The fourth-order valence-electron chi connectivity index (χ4n) is 5.02. The zero-order valence-electron chi connectivity index (χ0n) is 22.8. The first kappa shape index (κ1) is 25.2. The van der Waals surface area contributed by atoms with Crippen LogP contribution >= 0.6 is 0 Å². The number of fused-ring (bicyclic) bond motifs is 3. The molecule has 0 radical (unpaired) electrons. The molecular formula is C32H21N9O3. The molecule has 0 aliphatic rings. The second kappa shape index (κ2) is 10.1. The van der Waals surface area contributed by atoms with Crippen LogP contribution in [0.4, 0.5) is 11.6 Å². The van der Waals surface area contributed by atoms with Crippen LogP contribution < -0.4 is 21.2 Å². The van der Waals surface area contributed by atoms with E-state index in [1.807, 2.05) is 60.7 Å². The summed E-state index contributed by atoms with van der Waals surface area (Å²) in [5.41, 5.74) is 2.99. The van der Waals surface area contributed by atoms with Crippen LogP contribution in [0.2, 0.25) is 0 Å². The van der Waals surface area contributed by atoms with Crippen molar-refractivity contribution >= 4 is 44.5 Å². The minimum absolute atomic E-state index is 0.223. The first-order chi connectivity index (χ1) is 21.6. The van der Waals surface area contributed by atoms with Gasteiger partial charge in [-0.1, -0.05) is 30.3 Å². The average molecular weight is 580 g/mol. The number of para-hydroxylation sites is 2. The molecular weight excluding hydrogens is 558 g/mol. The van der Waals surface area contributed by atoms with E-state index in [4.69, 9.17) is 14.7 Å². The number of hydrogen-bond donors (Lipinski definition) is 4. The lowest BCUT2D eigenvalue weighted by molar-refractivity contribution is 0.482. The van der Waals surface area contributed by atoms with E-state index < -0.39 is 0 Å². The van der Waals surface area contributed by atoms with Crippen molar-refractivity contribution in [2.75, 3.05) is 5.32 Å². The minimum Gasteiger partial charge on any atom is -0.457 e. The van der Waals surface area contributed by atoms with Gasteiger partial charge in [0.1, 0.15) is 17.3 Å². The molecule has 0 amide bonds. The molecule has 4 N–H and O–H groups in total. The van der Waals surface area contributed by atoms with Crippen molar-refractivity contribution in [2.24, 2.45) is 0 Å². The molecule has 0 atom stereocenters. The first-order valence-electron chi connectivity index (χ1n) is 13.7. The molecule has 8 rings (SSSR count). The molecule has 4 aromatic heterocycles. The maximum Gasteiger partial charge on any atom is 0.273 e. The van der Waals surface area contributed by atoms with Gasteiger partial charge in [-0.3, -0.25) is 24.9 Å². The fourth-order valence-corrected chi connectivity index (χ4v) is 5.02. The Bertz CT molecular complexity index is 2440. The van der Waals surface area contributed by atoms with Gasteiger partial charge in [0.25, 0.3) is 11.1 Å². The predicted molar refractivity (Wildman–Crippen MR) is 167 cm³/mol. The zero-order chi connectivity index (χ0) is 29.6. The highest BCUT2D eigenvalue weighted by Crippen LogP contribution is 2.30. The summed E-state index contributed by atoms with van der Waals surface area (Å²) in [4.78, 5) is 34.8. The molecule has 0 bridgehead atoms. The van der Waals surface area contributed by atoms with Crippen molar-refractivity contribution < 1.29 is 4.74 Å². The molecule has 0 fully saturated rings. The number of hydrogen-bond acceptors (Lipinski definition) is 8. The Kier molecular flexibility index (Phi) is 5.76. The number of ether oxygens (including phenoxy) is 1. The van der Waals surface area contributed by atoms with Gasteiger partial charge in [-0.2, -0.15) is 14.9 Å². The van der Waals surface area contributed by atoms with Crippen molar-refractivity contribution in [3.63, 3.8) is 0 Å². The fraction of sp³-hybridized carbons (Fsp3) is 0. The number of benzene rings is 4. The van der Waals surface area contributed by atoms with Crippen LogP contribution in [-0.4, -0.2) is 40.1 Å². The van der Waals surface area contributed by atoms with Gasteiger partial charge in [0.05, 0.1) is 27.6 Å². The van der Waals surface area contributed by atoms with E-state index in [0.29, 0.717) is 67.7 Å². The molecule has 0 saturated heterocycles. The molecule has 12 nitrogen and oxygen atoms in total. The third-order valence-corrected chi connectivity index (χ3v) is 7.18. The Balaban J connectivity index is 1.17. The molecule has 4 aromatic carbocycles. The number of aromatic nitrogens is 8. The average Bonchev–Trinajstić information content (AvgIpc) is 3.63. The Morgan fingerprint density at radius 2 is 1.50 bits per heavy atom. The Morgan fingerprint density at radius 1 is 0.705 bits per heavy atom. The third kappa shape index (κ3) is 4.43. The van der Waals surface area contributed by atoms with Gasteiger partial charge >= 0.3 is 0 Å². The largest absolute Gasteiger partial charge is 0.457 e. The molecule has 0 unspecified atom stereocenters. The van der Waals surface area contributed by atoms with E-state index in [0.717, 1.165) is 5.39 Å². The van der Waals surface area contributed by atoms with Crippen molar-refractivity contribution in [3.8, 4) is 28.6 Å². The molecule has 0 spiro atoms. The molecule has 4 heterocycles. The van der Waals surface area contributed by atoms with Crippen LogP contribution in [0.25, 0.3) is 49.9 Å². The monoisotopic (exact) mass is 579 g/mol. The smallest absolute Gasteiger partial charge is 0.273 e. The van der Waals surface area contributed by atoms with Crippen LogP contribution in [0.5, 0.6) is 11.5 Å². The zero-order valence-corrected chi connectivity index (χ0v) is 22.8. The van der Waals surface area contributed by atoms with Gasteiger partial charge in [0, 0.05) is 17.0 Å². The van der Waals surface area contributed by atoms with Crippen molar-refractivity contribution in [2.45, 2.75) is 0 Å². The molecule has 12 heteroatoms. The highest BCUT2D eigenvalue weighted by Gasteiger charge is 2.16. The topological polar surface area (TPSA) is 159 Å². The lowest BCUT2D eigenvalue weighted by Crippen LogP contribution is -2.20. The van der Waals surface area contributed by atoms with Crippen LogP contribution in [0.15, 0.2) is 113 Å². The molecule has 0 aliphatic carbocycles.